The molecule has 1 heterocycles. The van der Waals surface area contributed by atoms with Gasteiger partial charge in [0.1, 0.15) is 23.1 Å². The minimum absolute atomic E-state index is 0.0457. The summed E-state index contributed by atoms with van der Waals surface area (Å²) >= 11 is 5.96. The van der Waals surface area contributed by atoms with Crippen molar-refractivity contribution in [1.82, 2.24) is 9.78 Å². The molecule has 3 rings (SSSR count). The molecule has 3 aromatic rings. The van der Waals surface area contributed by atoms with E-state index in [2.05, 4.69) is 15.6 Å². The van der Waals surface area contributed by atoms with Crippen molar-refractivity contribution in [3.63, 3.8) is 0 Å². The Morgan fingerprint density at radius 3 is 2.65 bits per heavy atom. The number of hydrogen-bond donors (Lipinski definition) is 1. The summed E-state index contributed by atoms with van der Waals surface area (Å²) in [6.07, 6.45) is 3.07. The Kier molecular flexibility index (Phi) is 5.66. The Labute approximate surface area is 155 Å². The minimum atomic E-state index is -0.383. The van der Waals surface area contributed by atoms with Gasteiger partial charge in [-0.2, -0.15) is 10.2 Å². The molecular weight excluding hydrogens is 352 g/mol. The number of ether oxygens (including phenoxy) is 1. The van der Waals surface area contributed by atoms with E-state index in [0.717, 1.165) is 21.6 Å². The normalized spacial score (nSPS) is 10.8. The Morgan fingerprint density at radius 1 is 1.19 bits per heavy atom. The Hall–Kier alpha value is -3.12. The third-order valence-corrected chi connectivity index (χ3v) is 3.97. The van der Waals surface area contributed by atoms with Crippen LogP contribution in [0.25, 0.3) is 0 Å². The topological polar surface area (TPSA) is 68.5 Å². The number of hydrogen-bond acceptors (Lipinski definition) is 5. The predicted octanol–water partition coefficient (Wildman–Crippen LogP) is 3.46. The van der Waals surface area contributed by atoms with Crippen LogP contribution in [0.15, 0.2) is 70.7 Å². The third kappa shape index (κ3) is 4.49. The van der Waals surface area contributed by atoms with Crippen molar-refractivity contribution in [2.75, 3.05) is 5.43 Å². The number of halogens is 1. The zero-order chi connectivity index (χ0) is 18.4. The van der Waals surface area contributed by atoms with Crippen molar-refractivity contribution in [1.29, 1.82) is 0 Å². The molecule has 0 aliphatic carbocycles. The summed E-state index contributed by atoms with van der Waals surface area (Å²) in [5.41, 5.74) is 4.68. The van der Waals surface area contributed by atoms with E-state index in [1.165, 1.54) is 13.2 Å². The van der Waals surface area contributed by atoms with E-state index in [4.69, 9.17) is 16.3 Å². The molecule has 0 atom stereocenters. The molecule has 0 aliphatic rings. The number of nitrogens with one attached hydrogen (secondary N) is 1. The van der Waals surface area contributed by atoms with E-state index in [9.17, 15) is 4.79 Å². The smallest absolute Gasteiger partial charge is 0.287 e. The molecular formula is C19H17ClN4O2. The zero-order valence-corrected chi connectivity index (χ0v) is 14.8. The first-order valence-electron chi connectivity index (χ1n) is 7.91. The molecule has 2 aromatic carbocycles. The van der Waals surface area contributed by atoms with Gasteiger partial charge in [-0.25, -0.2) is 4.68 Å². The second-order valence-corrected chi connectivity index (χ2v) is 5.89. The first-order valence-corrected chi connectivity index (χ1v) is 8.29. The fourth-order valence-electron chi connectivity index (χ4n) is 2.16. The van der Waals surface area contributed by atoms with Crippen LogP contribution in [0.3, 0.4) is 0 Å². The lowest BCUT2D eigenvalue weighted by Gasteiger charge is -2.06. The summed E-state index contributed by atoms with van der Waals surface area (Å²) in [6.45, 7) is 0.518. The Morgan fingerprint density at radius 2 is 1.92 bits per heavy atom. The summed E-state index contributed by atoms with van der Waals surface area (Å²) in [7, 11) is 1.53. The standard InChI is InChI=1S/C19H17ClN4O2/c1-24-19(25)18(20)17(12-22-24)23-21-11-14-7-9-16(10-8-14)26-13-15-5-3-2-4-6-15/h2-12,23H,13H2,1H3/b21-11-. The van der Waals surface area contributed by atoms with Crippen LogP contribution in [-0.2, 0) is 13.7 Å². The molecule has 0 unspecified atom stereocenters. The molecule has 0 radical (unpaired) electrons. The largest absolute Gasteiger partial charge is 0.489 e. The summed E-state index contributed by atoms with van der Waals surface area (Å²) in [4.78, 5) is 11.7. The Balaban J connectivity index is 1.58. The van der Waals surface area contributed by atoms with Gasteiger partial charge in [0.05, 0.1) is 12.4 Å². The average molecular weight is 369 g/mol. The molecule has 6 nitrogen and oxygen atoms in total. The number of hydrazone groups is 1. The lowest BCUT2D eigenvalue weighted by atomic mass is 10.2. The SMILES string of the molecule is Cn1ncc(N/N=C\c2ccc(OCc3ccccc3)cc2)c(Cl)c1=O. The van der Waals surface area contributed by atoms with Gasteiger partial charge in [-0.1, -0.05) is 41.9 Å². The van der Waals surface area contributed by atoms with Crippen LogP contribution in [0.5, 0.6) is 5.75 Å². The monoisotopic (exact) mass is 368 g/mol. The highest BCUT2D eigenvalue weighted by Crippen LogP contribution is 2.15. The fourth-order valence-corrected chi connectivity index (χ4v) is 2.37. The van der Waals surface area contributed by atoms with Gasteiger partial charge in [-0.05, 0) is 35.4 Å². The highest BCUT2D eigenvalue weighted by molar-refractivity contribution is 6.32. The lowest BCUT2D eigenvalue weighted by molar-refractivity contribution is 0.306. The van der Waals surface area contributed by atoms with E-state index < -0.39 is 0 Å². The van der Waals surface area contributed by atoms with Gasteiger partial charge in [0, 0.05) is 7.05 Å². The molecule has 0 saturated carbocycles. The van der Waals surface area contributed by atoms with Crippen molar-refractivity contribution >= 4 is 23.5 Å². The second-order valence-electron chi connectivity index (χ2n) is 5.51. The van der Waals surface area contributed by atoms with Crippen LogP contribution < -0.4 is 15.7 Å². The van der Waals surface area contributed by atoms with Gasteiger partial charge in [0.25, 0.3) is 5.56 Å². The third-order valence-electron chi connectivity index (χ3n) is 3.61. The molecule has 0 spiro atoms. The van der Waals surface area contributed by atoms with E-state index in [1.54, 1.807) is 6.21 Å². The molecule has 1 aromatic heterocycles. The molecule has 0 amide bonds. The summed E-state index contributed by atoms with van der Waals surface area (Å²) in [5.74, 6) is 0.776. The number of rotatable bonds is 6. The van der Waals surface area contributed by atoms with E-state index >= 15 is 0 Å². The first kappa shape index (κ1) is 17.7. The molecule has 0 fully saturated rings. The Bertz CT molecular complexity index is 954. The highest BCUT2D eigenvalue weighted by atomic mass is 35.5. The van der Waals surface area contributed by atoms with Gasteiger partial charge in [-0.15, -0.1) is 0 Å². The molecule has 26 heavy (non-hydrogen) atoms. The molecule has 0 saturated heterocycles. The van der Waals surface area contributed by atoms with Gasteiger partial charge in [0.2, 0.25) is 0 Å². The van der Waals surface area contributed by atoms with Crippen LogP contribution in [0.1, 0.15) is 11.1 Å². The molecule has 1 N–H and O–H groups in total. The molecule has 7 heteroatoms. The van der Waals surface area contributed by atoms with Crippen LogP contribution in [0.2, 0.25) is 5.02 Å². The van der Waals surface area contributed by atoms with E-state index in [1.807, 2.05) is 54.6 Å². The minimum Gasteiger partial charge on any atom is -0.489 e. The number of nitrogens with zero attached hydrogens (tertiary/aromatic N) is 3. The maximum atomic E-state index is 11.7. The average Bonchev–Trinajstić information content (AvgIpc) is 2.68. The van der Waals surface area contributed by atoms with Crippen LogP contribution in [0.4, 0.5) is 5.69 Å². The summed E-state index contributed by atoms with van der Waals surface area (Å²) < 4.78 is 6.90. The van der Waals surface area contributed by atoms with E-state index in [-0.39, 0.29) is 10.6 Å². The zero-order valence-electron chi connectivity index (χ0n) is 14.1. The van der Waals surface area contributed by atoms with Crippen LogP contribution in [-0.4, -0.2) is 16.0 Å². The molecule has 132 valence electrons. The van der Waals surface area contributed by atoms with Gasteiger partial charge in [-0.3, -0.25) is 10.2 Å². The summed E-state index contributed by atoms with van der Waals surface area (Å²) in [6, 6.07) is 17.5. The quantitative estimate of drug-likeness (QED) is 0.534. The number of aryl methyl sites for hydroxylation is 1. The molecule has 0 bridgehead atoms. The molecule has 0 aliphatic heterocycles. The first-order chi connectivity index (χ1) is 12.6. The number of anilines is 1. The van der Waals surface area contributed by atoms with Crippen molar-refractivity contribution in [3.8, 4) is 5.75 Å². The van der Waals surface area contributed by atoms with Crippen molar-refractivity contribution in [2.24, 2.45) is 12.1 Å². The van der Waals surface area contributed by atoms with Gasteiger partial charge < -0.3 is 4.74 Å². The van der Waals surface area contributed by atoms with Crippen LogP contribution in [0, 0.1) is 0 Å². The summed E-state index contributed by atoms with van der Waals surface area (Å²) in [5, 5.41) is 8.01. The maximum Gasteiger partial charge on any atom is 0.287 e. The number of aromatic nitrogens is 2. The highest BCUT2D eigenvalue weighted by Gasteiger charge is 2.05. The van der Waals surface area contributed by atoms with Crippen molar-refractivity contribution in [2.45, 2.75) is 6.61 Å². The van der Waals surface area contributed by atoms with Crippen LogP contribution >= 0.6 is 11.6 Å². The second kappa shape index (κ2) is 8.31. The van der Waals surface area contributed by atoms with Crippen molar-refractivity contribution in [3.05, 3.63) is 87.3 Å². The predicted molar refractivity (Wildman–Crippen MR) is 103 cm³/mol. The van der Waals surface area contributed by atoms with Gasteiger partial charge in [0.15, 0.2) is 0 Å². The maximum absolute atomic E-state index is 11.7. The fraction of sp³-hybridized carbons (Fsp3) is 0.105. The number of benzene rings is 2. The van der Waals surface area contributed by atoms with Gasteiger partial charge >= 0.3 is 0 Å². The lowest BCUT2D eigenvalue weighted by Crippen LogP contribution is -2.20. The van der Waals surface area contributed by atoms with E-state index in [0.29, 0.717) is 12.3 Å². The van der Waals surface area contributed by atoms with Crippen molar-refractivity contribution < 1.29 is 4.74 Å².